The monoisotopic (exact) mass is 326 g/mol. The van der Waals surface area contributed by atoms with E-state index in [0.717, 1.165) is 11.3 Å². The number of aliphatic imine (C=N–C) groups is 1. The Labute approximate surface area is 141 Å². The molecule has 0 saturated heterocycles. The number of hydrogen-bond donors (Lipinski definition) is 1. The van der Waals surface area contributed by atoms with Gasteiger partial charge in [-0.15, -0.1) is 0 Å². The molecule has 0 bridgehead atoms. The Morgan fingerprint density at radius 2 is 1.83 bits per heavy atom. The fourth-order valence-electron chi connectivity index (χ4n) is 2.91. The van der Waals surface area contributed by atoms with Crippen LogP contribution in [-0.2, 0) is 5.41 Å². The third kappa shape index (κ3) is 2.82. The highest BCUT2D eigenvalue weighted by Crippen LogP contribution is 2.35. The normalized spacial score (nSPS) is 21.4. The summed E-state index contributed by atoms with van der Waals surface area (Å²) in [6.07, 6.45) is 0. The predicted octanol–water partition coefficient (Wildman–Crippen LogP) is 3.26. The van der Waals surface area contributed by atoms with Crippen LogP contribution in [-0.4, -0.2) is 30.3 Å². The van der Waals surface area contributed by atoms with Crippen LogP contribution in [0, 0.1) is 0 Å². The summed E-state index contributed by atoms with van der Waals surface area (Å²) in [6.45, 7) is 2.83. The van der Waals surface area contributed by atoms with Gasteiger partial charge < -0.3 is 5.73 Å². The second-order valence-electron chi connectivity index (χ2n) is 5.79. The molecule has 0 radical (unpaired) electrons. The van der Waals surface area contributed by atoms with E-state index in [9.17, 15) is 0 Å². The van der Waals surface area contributed by atoms with Crippen LogP contribution in [0.3, 0.4) is 0 Å². The van der Waals surface area contributed by atoms with Crippen molar-refractivity contribution in [3.63, 3.8) is 0 Å². The quantitative estimate of drug-likeness (QED) is 0.680. The molecule has 1 atom stereocenters. The topological polar surface area (TPSA) is 54.0 Å². The van der Waals surface area contributed by atoms with E-state index in [1.54, 1.807) is 12.1 Å². The van der Waals surface area contributed by atoms with E-state index in [4.69, 9.17) is 22.4 Å². The van der Waals surface area contributed by atoms with Crippen LogP contribution in [0.25, 0.3) is 0 Å². The van der Waals surface area contributed by atoms with E-state index in [0.29, 0.717) is 17.5 Å². The fraction of sp³-hybridized carbons (Fsp3) is 0.222. The maximum atomic E-state index is 6.02. The van der Waals surface area contributed by atoms with E-state index in [1.165, 1.54) is 5.56 Å². The zero-order valence-electron chi connectivity index (χ0n) is 13.2. The molecule has 118 valence electrons. The third-order valence-corrected chi connectivity index (χ3v) is 4.48. The van der Waals surface area contributed by atoms with Gasteiger partial charge >= 0.3 is 0 Å². The summed E-state index contributed by atoms with van der Waals surface area (Å²) in [5.41, 5.74) is 8.91. The lowest BCUT2D eigenvalue weighted by atomic mass is 9.76. The zero-order valence-corrected chi connectivity index (χ0v) is 14.0. The SMILES string of the molecule is CN=C(N)N1CC(C)(c2ccccc2)C(c2ccc(Cl)cc2)=N1. The van der Waals surface area contributed by atoms with Crippen LogP contribution < -0.4 is 5.73 Å². The van der Waals surface area contributed by atoms with Crippen molar-refractivity contribution in [2.75, 3.05) is 13.6 Å². The highest BCUT2D eigenvalue weighted by molar-refractivity contribution is 6.30. The van der Waals surface area contributed by atoms with Gasteiger partial charge in [0, 0.05) is 12.1 Å². The molecule has 1 aliphatic rings. The molecule has 0 amide bonds. The molecule has 0 aliphatic carbocycles. The molecule has 1 heterocycles. The number of benzene rings is 2. The second kappa shape index (κ2) is 6.05. The maximum absolute atomic E-state index is 6.02. The van der Waals surface area contributed by atoms with Crippen LogP contribution in [0.4, 0.5) is 0 Å². The highest BCUT2D eigenvalue weighted by atomic mass is 35.5. The van der Waals surface area contributed by atoms with E-state index >= 15 is 0 Å². The Morgan fingerprint density at radius 1 is 1.17 bits per heavy atom. The molecule has 0 aromatic heterocycles. The molecular weight excluding hydrogens is 308 g/mol. The third-order valence-electron chi connectivity index (χ3n) is 4.23. The molecular formula is C18H19ClN4. The lowest BCUT2D eigenvalue weighted by molar-refractivity contribution is 0.422. The van der Waals surface area contributed by atoms with E-state index in [2.05, 4.69) is 24.0 Å². The lowest BCUT2D eigenvalue weighted by Gasteiger charge is -2.27. The summed E-state index contributed by atoms with van der Waals surface area (Å²) in [6, 6.07) is 18.1. The standard InChI is InChI=1S/C18H19ClN4/c1-18(14-6-4-3-5-7-14)12-23(17(20)21-2)22-16(18)13-8-10-15(19)11-9-13/h3-11H,12H2,1-2H3,(H2,20,21). The summed E-state index contributed by atoms with van der Waals surface area (Å²) in [7, 11) is 1.67. The minimum atomic E-state index is -0.273. The molecule has 1 aliphatic heterocycles. The van der Waals surface area contributed by atoms with Gasteiger partial charge in [0.05, 0.1) is 17.7 Å². The van der Waals surface area contributed by atoms with Gasteiger partial charge in [0.25, 0.3) is 0 Å². The van der Waals surface area contributed by atoms with Gasteiger partial charge in [0.2, 0.25) is 5.96 Å². The summed E-state index contributed by atoms with van der Waals surface area (Å²) < 4.78 is 0. The van der Waals surface area contributed by atoms with Gasteiger partial charge in [-0.3, -0.25) is 4.99 Å². The molecule has 2 N–H and O–H groups in total. The van der Waals surface area contributed by atoms with Gasteiger partial charge in [-0.2, -0.15) is 5.10 Å². The molecule has 0 fully saturated rings. The van der Waals surface area contributed by atoms with Crippen molar-refractivity contribution in [1.82, 2.24) is 5.01 Å². The first kappa shape index (κ1) is 15.6. The summed E-state index contributed by atoms with van der Waals surface area (Å²) in [5.74, 6) is 0.413. The number of hydrazone groups is 1. The van der Waals surface area contributed by atoms with Crippen molar-refractivity contribution in [2.24, 2.45) is 15.8 Å². The lowest BCUT2D eigenvalue weighted by Crippen LogP contribution is -2.39. The van der Waals surface area contributed by atoms with Gasteiger partial charge in [-0.1, -0.05) is 54.1 Å². The van der Waals surface area contributed by atoms with E-state index < -0.39 is 0 Å². The Hall–Kier alpha value is -2.33. The van der Waals surface area contributed by atoms with Crippen LogP contribution in [0.1, 0.15) is 18.1 Å². The Morgan fingerprint density at radius 3 is 2.43 bits per heavy atom. The first-order valence-electron chi connectivity index (χ1n) is 7.45. The summed E-state index contributed by atoms with van der Waals surface area (Å²) in [4.78, 5) is 4.06. The van der Waals surface area contributed by atoms with Crippen LogP contribution in [0.2, 0.25) is 5.02 Å². The fourth-order valence-corrected chi connectivity index (χ4v) is 3.03. The minimum Gasteiger partial charge on any atom is -0.368 e. The molecule has 0 spiro atoms. The largest absolute Gasteiger partial charge is 0.368 e. The van der Waals surface area contributed by atoms with Crippen molar-refractivity contribution in [2.45, 2.75) is 12.3 Å². The molecule has 5 heteroatoms. The summed E-state index contributed by atoms with van der Waals surface area (Å²) in [5, 5.41) is 7.21. The number of hydrogen-bond acceptors (Lipinski definition) is 2. The minimum absolute atomic E-state index is 0.273. The first-order chi connectivity index (χ1) is 11.0. The van der Waals surface area contributed by atoms with Crippen molar-refractivity contribution in [3.05, 3.63) is 70.7 Å². The van der Waals surface area contributed by atoms with E-state index in [-0.39, 0.29) is 5.41 Å². The van der Waals surface area contributed by atoms with Crippen molar-refractivity contribution in [3.8, 4) is 0 Å². The van der Waals surface area contributed by atoms with Crippen LogP contribution in [0.5, 0.6) is 0 Å². The summed E-state index contributed by atoms with van der Waals surface area (Å²) >= 11 is 6.02. The van der Waals surface area contributed by atoms with E-state index in [1.807, 2.05) is 42.5 Å². The van der Waals surface area contributed by atoms with Gasteiger partial charge in [0.1, 0.15) is 0 Å². The van der Waals surface area contributed by atoms with Crippen molar-refractivity contribution >= 4 is 23.3 Å². The number of halogens is 1. The highest BCUT2D eigenvalue weighted by Gasteiger charge is 2.41. The van der Waals surface area contributed by atoms with Gasteiger partial charge in [0.15, 0.2) is 0 Å². The first-order valence-corrected chi connectivity index (χ1v) is 7.83. The predicted molar refractivity (Wildman–Crippen MR) is 96.0 cm³/mol. The van der Waals surface area contributed by atoms with Gasteiger partial charge in [-0.05, 0) is 30.2 Å². The molecule has 0 saturated carbocycles. The Balaban J connectivity index is 2.11. The average Bonchev–Trinajstić information content (AvgIpc) is 2.95. The maximum Gasteiger partial charge on any atom is 0.211 e. The average molecular weight is 327 g/mol. The van der Waals surface area contributed by atoms with Crippen molar-refractivity contribution in [1.29, 1.82) is 0 Å². The number of nitrogens with two attached hydrogens (primary N) is 1. The molecule has 3 rings (SSSR count). The van der Waals surface area contributed by atoms with Gasteiger partial charge in [-0.25, -0.2) is 5.01 Å². The molecule has 4 nitrogen and oxygen atoms in total. The Kier molecular flexibility index (Phi) is 4.09. The Bertz CT molecular complexity index is 752. The van der Waals surface area contributed by atoms with Crippen LogP contribution in [0.15, 0.2) is 64.7 Å². The molecule has 2 aromatic rings. The number of rotatable bonds is 2. The molecule has 1 unspecified atom stereocenters. The second-order valence-corrected chi connectivity index (χ2v) is 6.23. The molecule has 2 aromatic carbocycles. The number of nitrogens with zero attached hydrogens (tertiary/aromatic N) is 3. The molecule has 23 heavy (non-hydrogen) atoms. The van der Waals surface area contributed by atoms with Crippen LogP contribution >= 0.6 is 11.6 Å². The smallest absolute Gasteiger partial charge is 0.211 e. The zero-order chi connectivity index (χ0) is 16.4. The van der Waals surface area contributed by atoms with Crippen molar-refractivity contribution < 1.29 is 0 Å². The number of guanidine groups is 1.